The van der Waals surface area contributed by atoms with Crippen LogP contribution in [0.3, 0.4) is 0 Å². The number of methoxy groups -OCH3 is 1. The van der Waals surface area contributed by atoms with Crippen LogP contribution >= 0.6 is 10.7 Å². The zero-order chi connectivity index (χ0) is 15.3. The molecule has 0 aliphatic rings. The van der Waals surface area contributed by atoms with Crippen molar-refractivity contribution in [3.63, 3.8) is 0 Å². The van der Waals surface area contributed by atoms with Gasteiger partial charge in [0.05, 0.1) is 6.61 Å². The lowest BCUT2D eigenvalue weighted by molar-refractivity contribution is 0.0733. The molecule has 20 heavy (non-hydrogen) atoms. The van der Waals surface area contributed by atoms with E-state index < -0.39 is 9.05 Å². The molecule has 8 heteroatoms. The number of halogens is 1. The minimum Gasteiger partial charge on any atom is -0.383 e. The van der Waals surface area contributed by atoms with Gasteiger partial charge in [-0.25, -0.2) is 8.42 Å². The average molecular weight is 323 g/mol. The second kappa shape index (κ2) is 7.10. The highest BCUT2D eigenvalue weighted by Gasteiger charge is 2.21. The summed E-state index contributed by atoms with van der Waals surface area (Å²) in [6.07, 6.45) is 2.17. The predicted octanol–water partition coefficient (Wildman–Crippen LogP) is 1.54. The molecular weight excluding hydrogens is 304 g/mol. The van der Waals surface area contributed by atoms with Crippen LogP contribution in [0.5, 0.6) is 0 Å². The quantitative estimate of drug-likeness (QED) is 0.714. The summed E-state index contributed by atoms with van der Waals surface area (Å²) in [5.41, 5.74) is 0.310. The number of likely N-dealkylation sites (N-methyl/N-ethyl adjacent to an activating group) is 1. The van der Waals surface area contributed by atoms with Crippen molar-refractivity contribution in [3.8, 4) is 0 Å². The molecule has 0 aliphatic heterocycles. The Hall–Kier alpha value is -1.05. The molecule has 1 aromatic heterocycles. The van der Waals surface area contributed by atoms with Gasteiger partial charge >= 0.3 is 0 Å². The number of ether oxygens (including phenoxy) is 1. The van der Waals surface area contributed by atoms with Crippen LogP contribution in [0.2, 0.25) is 0 Å². The molecule has 0 N–H and O–H groups in total. The van der Waals surface area contributed by atoms with E-state index in [1.54, 1.807) is 18.7 Å². The Morgan fingerprint density at radius 1 is 1.50 bits per heavy atom. The summed E-state index contributed by atoms with van der Waals surface area (Å²) < 4.78 is 29.3. The molecule has 6 nitrogen and oxygen atoms in total. The molecule has 0 bridgehead atoms. The molecule has 0 saturated heterocycles. The molecule has 1 rings (SSSR count). The van der Waals surface area contributed by atoms with Gasteiger partial charge in [-0.05, 0) is 12.5 Å². The van der Waals surface area contributed by atoms with Crippen molar-refractivity contribution in [2.24, 2.45) is 0 Å². The van der Waals surface area contributed by atoms with E-state index in [1.807, 2.05) is 6.92 Å². The number of aromatic nitrogens is 1. The molecule has 0 aromatic carbocycles. The Bertz CT molecular complexity index is 568. The van der Waals surface area contributed by atoms with Gasteiger partial charge < -0.3 is 14.2 Å². The first-order chi connectivity index (χ1) is 9.31. The third kappa shape index (κ3) is 4.22. The van der Waals surface area contributed by atoms with Crippen LogP contribution in [0, 0.1) is 0 Å². The van der Waals surface area contributed by atoms with Crippen molar-refractivity contribution < 1.29 is 17.9 Å². The van der Waals surface area contributed by atoms with Crippen molar-refractivity contribution in [3.05, 3.63) is 18.0 Å². The molecule has 0 fully saturated rings. The van der Waals surface area contributed by atoms with Gasteiger partial charge in [-0.2, -0.15) is 0 Å². The van der Waals surface area contributed by atoms with Gasteiger partial charge in [0.1, 0.15) is 10.6 Å². The second-order valence-electron chi connectivity index (χ2n) is 4.41. The predicted molar refractivity (Wildman–Crippen MR) is 76.6 cm³/mol. The van der Waals surface area contributed by atoms with E-state index in [0.717, 1.165) is 6.42 Å². The monoisotopic (exact) mass is 322 g/mol. The highest BCUT2D eigenvalue weighted by molar-refractivity contribution is 8.13. The molecule has 1 amide bonds. The van der Waals surface area contributed by atoms with Crippen LogP contribution in [-0.2, 0) is 20.3 Å². The molecule has 0 unspecified atom stereocenters. The summed E-state index contributed by atoms with van der Waals surface area (Å²) in [6.45, 7) is 3.33. The van der Waals surface area contributed by atoms with Gasteiger partial charge in [0.15, 0.2) is 0 Å². The molecular formula is C12H19ClN2O4S. The topological polar surface area (TPSA) is 68.6 Å². The number of carbonyl (C=O) groups excluding carboxylic acids is 1. The Morgan fingerprint density at radius 2 is 2.15 bits per heavy atom. The van der Waals surface area contributed by atoms with Crippen LogP contribution in [0.4, 0.5) is 0 Å². The Morgan fingerprint density at radius 3 is 2.65 bits per heavy atom. The first kappa shape index (κ1) is 17.0. The summed E-state index contributed by atoms with van der Waals surface area (Å²) >= 11 is 0. The summed E-state index contributed by atoms with van der Waals surface area (Å²) in [7, 11) is 4.67. The number of nitrogens with zero attached hydrogens (tertiary/aromatic N) is 2. The molecule has 0 atom stereocenters. The van der Waals surface area contributed by atoms with Gasteiger partial charge in [-0.15, -0.1) is 0 Å². The second-order valence-corrected chi connectivity index (χ2v) is 6.98. The Balaban J connectivity index is 3.08. The largest absolute Gasteiger partial charge is 0.383 e. The fraction of sp³-hybridized carbons (Fsp3) is 0.583. The third-order valence-corrected chi connectivity index (χ3v) is 4.14. The first-order valence-electron chi connectivity index (χ1n) is 6.20. The number of hydrogen-bond donors (Lipinski definition) is 0. The maximum atomic E-state index is 12.3. The fourth-order valence-electron chi connectivity index (χ4n) is 1.75. The summed E-state index contributed by atoms with van der Waals surface area (Å²) in [5, 5.41) is 0. The summed E-state index contributed by atoms with van der Waals surface area (Å²) in [6, 6.07) is 1.31. The number of carbonyl (C=O) groups is 1. The van der Waals surface area contributed by atoms with Gasteiger partial charge in [0, 0.05) is 44.1 Å². The standard InChI is InChI=1S/C12H19ClN2O4S/c1-4-5-15-9-10(20(13,17)18)8-11(15)12(16)14(2)6-7-19-3/h8-9H,4-7H2,1-3H3. The van der Waals surface area contributed by atoms with Crippen LogP contribution in [-0.4, -0.2) is 51.1 Å². The van der Waals surface area contributed by atoms with E-state index in [1.165, 1.54) is 17.2 Å². The van der Waals surface area contributed by atoms with Gasteiger partial charge in [0.2, 0.25) is 0 Å². The lowest BCUT2D eigenvalue weighted by atomic mass is 10.3. The van der Waals surface area contributed by atoms with Crippen LogP contribution in [0.1, 0.15) is 23.8 Å². The zero-order valence-corrected chi connectivity index (χ0v) is 13.4. The van der Waals surface area contributed by atoms with Crippen LogP contribution in [0.15, 0.2) is 17.2 Å². The molecule has 1 heterocycles. The normalized spacial score (nSPS) is 11.6. The van der Waals surface area contributed by atoms with E-state index in [4.69, 9.17) is 15.4 Å². The van der Waals surface area contributed by atoms with Crippen LogP contribution in [0.25, 0.3) is 0 Å². The van der Waals surface area contributed by atoms with Gasteiger partial charge in [-0.1, -0.05) is 6.92 Å². The average Bonchev–Trinajstić information content (AvgIpc) is 2.79. The lowest BCUT2D eigenvalue weighted by Crippen LogP contribution is -2.31. The number of amides is 1. The molecule has 1 aromatic rings. The minimum atomic E-state index is -3.84. The highest BCUT2D eigenvalue weighted by atomic mass is 35.7. The number of rotatable bonds is 7. The number of hydrogen-bond acceptors (Lipinski definition) is 4. The van der Waals surface area contributed by atoms with Gasteiger partial charge in [-0.3, -0.25) is 4.79 Å². The summed E-state index contributed by atoms with van der Waals surface area (Å²) in [4.78, 5) is 13.7. The van der Waals surface area contributed by atoms with Crippen molar-refractivity contribution in [2.45, 2.75) is 24.8 Å². The van der Waals surface area contributed by atoms with E-state index in [2.05, 4.69) is 0 Å². The van der Waals surface area contributed by atoms with E-state index >= 15 is 0 Å². The van der Waals surface area contributed by atoms with Gasteiger partial charge in [0.25, 0.3) is 15.0 Å². The number of aryl methyl sites for hydroxylation is 1. The molecule has 114 valence electrons. The van der Waals surface area contributed by atoms with E-state index in [-0.39, 0.29) is 10.8 Å². The van der Waals surface area contributed by atoms with Crippen LogP contribution < -0.4 is 0 Å². The lowest BCUT2D eigenvalue weighted by Gasteiger charge is -2.17. The zero-order valence-electron chi connectivity index (χ0n) is 11.8. The Kier molecular flexibility index (Phi) is 6.04. The molecule has 0 radical (unpaired) electrons. The molecule has 0 saturated carbocycles. The van der Waals surface area contributed by atoms with E-state index in [9.17, 15) is 13.2 Å². The van der Waals surface area contributed by atoms with Crippen molar-refractivity contribution >= 4 is 25.6 Å². The minimum absolute atomic E-state index is 0.0592. The van der Waals surface area contributed by atoms with Crippen molar-refractivity contribution in [1.82, 2.24) is 9.47 Å². The fourth-order valence-corrected chi connectivity index (χ4v) is 2.51. The highest BCUT2D eigenvalue weighted by Crippen LogP contribution is 2.20. The first-order valence-corrected chi connectivity index (χ1v) is 8.51. The Labute approximate surface area is 123 Å². The maximum Gasteiger partial charge on any atom is 0.270 e. The smallest absolute Gasteiger partial charge is 0.270 e. The van der Waals surface area contributed by atoms with Crippen molar-refractivity contribution in [1.29, 1.82) is 0 Å². The third-order valence-electron chi connectivity index (χ3n) is 2.81. The molecule has 0 spiro atoms. The maximum absolute atomic E-state index is 12.3. The van der Waals surface area contributed by atoms with Crippen molar-refractivity contribution in [2.75, 3.05) is 27.3 Å². The molecule has 0 aliphatic carbocycles. The SMILES string of the molecule is CCCn1cc(S(=O)(=O)Cl)cc1C(=O)N(C)CCOC. The summed E-state index contributed by atoms with van der Waals surface area (Å²) in [5.74, 6) is -0.262. The van der Waals surface area contributed by atoms with E-state index in [0.29, 0.717) is 25.4 Å².